The number of hydrogen-bond acceptors (Lipinski definition) is 5. The molecule has 0 atom stereocenters. The first-order valence-corrected chi connectivity index (χ1v) is 8.67. The molecule has 0 aliphatic rings. The molecule has 0 saturated carbocycles. The van der Waals surface area contributed by atoms with Crippen LogP contribution in [0.3, 0.4) is 0 Å². The van der Waals surface area contributed by atoms with E-state index in [9.17, 15) is 13.2 Å². The summed E-state index contributed by atoms with van der Waals surface area (Å²) in [7, 11) is -3.85. The average Bonchev–Trinajstić information content (AvgIpc) is 2.58. The van der Waals surface area contributed by atoms with Gasteiger partial charge in [0.1, 0.15) is 13.2 Å². The summed E-state index contributed by atoms with van der Waals surface area (Å²) in [4.78, 5) is 11.6. The number of rotatable bonds is 6. The summed E-state index contributed by atoms with van der Waals surface area (Å²) in [5, 5.41) is 9.21. The van der Waals surface area contributed by atoms with Crippen LogP contribution in [0.4, 0.5) is 0 Å². The van der Waals surface area contributed by atoms with Crippen LogP contribution >= 0.6 is 11.6 Å². The highest BCUT2D eigenvalue weighted by Crippen LogP contribution is 2.12. The third-order valence-corrected chi connectivity index (χ3v) is 4.64. The maximum absolute atomic E-state index is 12.0. The number of nitrogens with zero attached hydrogens (tertiary/aromatic N) is 1. The summed E-state index contributed by atoms with van der Waals surface area (Å²) in [6.07, 6.45) is 0. The molecule has 1 N–H and O–H groups in total. The van der Waals surface area contributed by atoms with E-state index in [0.29, 0.717) is 16.1 Å². The molecular formula is C16H13ClN2O4S. The summed E-state index contributed by atoms with van der Waals surface area (Å²) in [6.45, 7) is -0.499. The molecular weight excluding hydrogens is 352 g/mol. The number of esters is 1. The molecule has 2 rings (SSSR count). The second kappa shape index (κ2) is 7.93. The minimum absolute atomic E-state index is 0.00200. The van der Waals surface area contributed by atoms with Crippen LogP contribution < -0.4 is 4.72 Å². The van der Waals surface area contributed by atoms with E-state index < -0.39 is 22.5 Å². The monoisotopic (exact) mass is 364 g/mol. The zero-order valence-electron chi connectivity index (χ0n) is 12.4. The van der Waals surface area contributed by atoms with Gasteiger partial charge in [-0.2, -0.15) is 9.98 Å². The minimum atomic E-state index is -3.85. The predicted molar refractivity (Wildman–Crippen MR) is 87.6 cm³/mol. The first kappa shape index (κ1) is 17.9. The molecule has 24 heavy (non-hydrogen) atoms. The Balaban J connectivity index is 1.89. The quantitative estimate of drug-likeness (QED) is 0.793. The molecule has 0 radical (unpaired) electrons. The van der Waals surface area contributed by atoms with Gasteiger partial charge in [0.15, 0.2) is 0 Å². The van der Waals surface area contributed by atoms with E-state index in [1.807, 2.05) is 6.07 Å². The molecule has 124 valence electrons. The molecule has 0 amide bonds. The van der Waals surface area contributed by atoms with Crippen molar-refractivity contribution in [1.29, 1.82) is 5.26 Å². The van der Waals surface area contributed by atoms with Crippen molar-refractivity contribution in [1.82, 2.24) is 4.72 Å². The van der Waals surface area contributed by atoms with Crippen LogP contribution in [0.5, 0.6) is 0 Å². The number of carbonyl (C=O) groups excluding carboxylic acids is 1. The van der Waals surface area contributed by atoms with E-state index in [0.717, 1.165) is 0 Å². The molecule has 0 aromatic heterocycles. The Labute approximate surface area is 144 Å². The van der Waals surface area contributed by atoms with E-state index >= 15 is 0 Å². The van der Waals surface area contributed by atoms with Crippen molar-refractivity contribution in [3.8, 4) is 6.07 Å². The smallest absolute Gasteiger partial charge is 0.321 e. The molecule has 0 saturated heterocycles. The lowest BCUT2D eigenvalue weighted by Crippen LogP contribution is -2.30. The van der Waals surface area contributed by atoms with Crippen LogP contribution in [0.1, 0.15) is 11.1 Å². The zero-order chi connectivity index (χ0) is 17.6. The normalized spacial score (nSPS) is 10.8. The van der Waals surface area contributed by atoms with Crippen molar-refractivity contribution in [3.05, 3.63) is 64.7 Å². The molecule has 6 nitrogen and oxygen atoms in total. The van der Waals surface area contributed by atoms with E-state index in [4.69, 9.17) is 21.6 Å². The Morgan fingerprint density at radius 1 is 1.21 bits per heavy atom. The summed E-state index contributed by atoms with van der Waals surface area (Å²) < 4.78 is 31.2. The zero-order valence-corrected chi connectivity index (χ0v) is 14.0. The first-order chi connectivity index (χ1) is 11.4. The molecule has 0 heterocycles. The standard InChI is InChI=1S/C16H13ClN2O4S/c17-14-3-1-2-13(8-14)11-23-16(20)10-19-24(21,22)15-6-4-12(9-18)5-7-15/h1-8,19H,10-11H2. The minimum Gasteiger partial charge on any atom is -0.460 e. The highest BCUT2D eigenvalue weighted by molar-refractivity contribution is 7.89. The Kier molecular flexibility index (Phi) is 5.93. The van der Waals surface area contributed by atoms with Gasteiger partial charge in [0.05, 0.1) is 16.5 Å². The van der Waals surface area contributed by atoms with Gasteiger partial charge in [0.2, 0.25) is 10.0 Å². The SMILES string of the molecule is N#Cc1ccc(S(=O)(=O)NCC(=O)OCc2cccc(Cl)c2)cc1. The number of carbonyl (C=O) groups is 1. The van der Waals surface area contributed by atoms with Crippen molar-refractivity contribution in [3.63, 3.8) is 0 Å². The number of sulfonamides is 1. The third-order valence-electron chi connectivity index (χ3n) is 2.99. The highest BCUT2D eigenvalue weighted by Gasteiger charge is 2.16. The van der Waals surface area contributed by atoms with Crippen LogP contribution in [0.2, 0.25) is 5.02 Å². The molecule has 0 spiro atoms. The van der Waals surface area contributed by atoms with Crippen LogP contribution in [-0.2, 0) is 26.2 Å². The Hall–Kier alpha value is -2.40. The molecule has 0 aliphatic carbocycles. The number of hydrogen-bond donors (Lipinski definition) is 1. The second-order valence-corrected chi connectivity index (χ2v) is 6.95. The van der Waals surface area contributed by atoms with E-state index in [-0.39, 0.29) is 11.5 Å². The van der Waals surface area contributed by atoms with Crippen molar-refractivity contribution >= 4 is 27.6 Å². The number of nitrogens with one attached hydrogen (secondary N) is 1. The number of halogens is 1. The molecule has 8 heteroatoms. The van der Waals surface area contributed by atoms with Gasteiger partial charge >= 0.3 is 5.97 Å². The number of nitriles is 1. The van der Waals surface area contributed by atoms with E-state index in [2.05, 4.69) is 4.72 Å². The summed E-state index contributed by atoms with van der Waals surface area (Å²) >= 11 is 5.82. The van der Waals surface area contributed by atoms with Gasteiger partial charge in [-0.05, 0) is 42.0 Å². The highest BCUT2D eigenvalue weighted by atomic mass is 35.5. The summed E-state index contributed by atoms with van der Waals surface area (Å²) in [6, 6.07) is 14.0. The lowest BCUT2D eigenvalue weighted by molar-refractivity contribution is -0.143. The van der Waals surface area contributed by atoms with Crippen LogP contribution in [0.25, 0.3) is 0 Å². The Morgan fingerprint density at radius 3 is 2.54 bits per heavy atom. The maximum atomic E-state index is 12.0. The van der Waals surface area contributed by atoms with Gasteiger partial charge in [-0.3, -0.25) is 4.79 Å². The van der Waals surface area contributed by atoms with E-state index in [1.54, 1.807) is 24.3 Å². The van der Waals surface area contributed by atoms with Gasteiger partial charge in [-0.1, -0.05) is 23.7 Å². The molecule has 0 fully saturated rings. The van der Waals surface area contributed by atoms with Gasteiger partial charge in [-0.15, -0.1) is 0 Å². The Morgan fingerprint density at radius 2 is 1.92 bits per heavy atom. The summed E-state index contributed by atoms with van der Waals surface area (Å²) in [5.41, 5.74) is 1.04. The molecule has 2 aromatic carbocycles. The lowest BCUT2D eigenvalue weighted by Gasteiger charge is -2.08. The van der Waals surface area contributed by atoms with Gasteiger partial charge in [0.25, 0.3) is 0 Å². The van der Waals surface area contributed by atoms with Gasteiger partial charge in [-0.25, -0.2) is 8.42 Å². The van der Waals surface area contributed by atoms with Crippen molar-refractivity contribution < 1.29 is 17.9 Å². The fourth-order valence-electron chi connectivity index (χ4n) is 1.79. The molecule has 2 aromatic rings. The van der Waals surface area contributed by atoms with Crippen molar-refractivity contribution in [2.75, 3.05) is 6.54 Å². The number of benzene rings is 2. The molecule has 0 bridgehead atoms. The van der Waals surface area contributed by atoms with Crippen molar-refractivity contribution in [2.45, 2.75) is 11.5 Å². The van der Waals surface area contributed by atoms with Crippen LogP contribution in [0.15, 0.2) is 53.4 Å². The summed E-state index contributed by atoms with van der Waals surface area (Å²) in [5.74, 6) is -0.716. The largest absolute Gasteiger partial charge is 0.460 e. The Bertz CT molecular complexity index is 874. The number of ether oxygens (including phenoxy) is 1. The fraction of sp³-hybridized carbons (Fsp3) is 0.125. The predicted octanol–water partition coefficient (Wildman–Crippen LogP) is 2.23. The van der Waals surface area contributed by atoms with Crippen molar-refractivity contribution in [2.24, 2.45) is 0 Å². The third kappa shape index (κ3) is 5.06. The van der Waals surface area contributed by atoms with E-state index in [1.165, 1.54) is 24.3 Å². The second-order valence-electron chi connectivity index (χ2n) is 4.75. The fourth-order valence-corrected chi connectivity index (χ4v) is 2.97. The molecule has 0 unspecified atom stereocenters. The topological polar surface area (TPSA) is 96.3 Å². The molecule has 0 aliphatic heterocycles. The maximum Gasteiger partial charge on any atom is 0.321 e. The lowest BCUT2D eigenvalue weighted by atomic mass is 10.2. The average molecular weight is 365 g/mol. The first-order valence-electron chi connectivity index (χ1n) is 6.80. The van der Waals surface area contributed by atoms with Crippen LogP contribution in [0, 0.1) is 11.3 Å². The van der Waals surface area contributed by atoms with Gasteiger partial charge in [0, 0.05) is 5.02 Å². The van der Waals surface area contributed by atoms with Crippen LogP contribution in [-0.4, -0.2) is 20.9 Å². The van der Waals surface area contributed by atoms with Gasteiger partial charge < -0.3 is 4.74 Å².